The Bertz CT molecular complexity index is 814. The Morgan fingerprint density at radius 2 is 1.68 bits per heavy atom. The fraction of sp³-hybridized carbons (Fsp3) is 0.364. The zero-order valence-electron chi connectivity index (χ0n) is 16.7. The summed E-state index contributed by atoms with van der Waals surface area (Å²) >= 11 is 0. The normalized spacial score (nSPS) is 12.1. The number of carbonyl (C=O) groups is 2. The quantitative estimate of drug-likeness (QED) is 0.693. The van der Waals surface area contributed by atoms with Crippen LogP contribution in [0.2, 0.25) is 0 Å². The van der Waals surface area contributed by atoms with Gasteiger partial charge in [-0.3, -0.25) is 9.59 Å². The minimum absolute atomic E-state index is 0.0335. The van der Waals surface area contributed by atoms with E-state index in [4.69, 9.17) is 9.47 Å². The standard InChI is InChI=1S/C22H27NO5/c1-22(2,17-9-11-18(27-3)12-10-17)21(26)23-14-16(20(24)25)13-15-7-5-6-8-19(15)28-4/h5-12,16H,13-14H2,1-4H3,(H,23,26)(H,24,25). The van der Waals surface area contributed by atoms with Crippen molar-refractivity contribution in [2.75, 3.05) is 20.8 Å². The Balaban J connectivity index is 2.07. The summed E-state index contributed by atoms with van der Waals surface area (Å²) in [5.74, 6) is -0.606. The molecule has 2 aromatic rings. The molecule has 0 spiro atoms. The monoisotopic (exact) mass is 385 g/mol. The molecule has 1 amide bonds. The average Bonchev–Trinajstić information content (AvgIpc) is 2.70. The summed E-state index contributed by atoms with van der Waals surface area (Å²) in [5, 5.41) is 12.4. The third kappa shape index (κ3) is 5.03. The first-order valence-electron chi connectivity index (χ1n) is 9.07. The number of carboxylic acid groups (broad SMARTS) is 1. The van der Waals surface area contributed by atoms with Gasteiger partial charge in [-0.25, -0.2) is 0 Å². The van der Waals surface area contributed by atoms with Gasteiger partial charge in [-0.15, -0.1) is 0 Å². The van der Waals surface area contributed by atoms with Crippen LogP contribution in [0.15, 0.2) is 48.5 Å². The van der Waals surface area contributed by atoms with Crippen molar-refractivity contribution in [1.29, 1.82) is 0 Å². The second-order valence-electron chi connectivity index (χ2n) is 7.11. The van der Waals surface area contributed by atoms with Gasteiger partial charge in [-0.1, -0.05) is 30.3 Å². The lowest BCUT2D eigenvalue weighted by atomic mass is 9.83. The van der Waals surface area contributed by atoms with E-state index in [9.17, 15) is 14.7 Å². The molecular weight excluding hydrogens is 358 g/mol. The SMILES string of the molecule is COc1ccc(C(C)(C)C(=O)NCC(Cc2ccccc2OC)C(=O)O)cc1. The van der Waals surface area contributed by atoms with E-state index in [0.717, 1.165) is 11.1 Å². The van der Waals surface area contributed by atoms with Gasteiger partial charge in [0.25, 0.3) is 0 Å². The number of carbonyl (C=O) groups excluding carboxylic acids is 1. The summed E-state index contributed by atoms with van der Waals surface area (Å²) in [4.78, 5) is 24.5. The number of benzene rings is 2. The molecule has 0 saturated heterocycles. The van der Waals surface area contributed by atoms with E-state index in [0.29, 0.717) is 11.5 Å². The van der Waals surface area contributed by atoms with Crippen molar-refractivity contribution < 1.29 is 24.2 Å². The zero-order chi connectivity index (χ0) is 20.7. The van der Waals surface area contributed by atoms with Gasteiger partial charge in [0.05, 0.1) is 25.6 Å². The van der Waals surface area contributed by atoms with Crippen molar-refractivity contribution in [1.82, 2.24) is 5.32 Å². The summed E-state index contributed by atoms with van der Waals surface area (Å²) in [5.41, 5.74) is 0.809. The van der Waals surface area contributed by atoms with Gasteiger partial charge in [0.1, 0.15) is 11.5 Å². The molecule has 0 aliphatic heterocycles. The first-order valence-corrected chi connectivity index (χ1v) is 9.07. The van der Waals surface area contributed by atoms with Gasteiger partial charge in [0.2, 0.25) is 5.91 Å². The van der Waals surface area contributed by atoms with Crippen LogP contribution in [0.25, 0.3) is 0 Å². The lowest BCUT2D eigenvalue weighted by Crippen LogP contribution is -2.43. The van der Waals surface area contributed by atoms with Crippen LogP contribution < -0.4 is 14.8 Å². The molecule has 28 heavy (non-hydrogen) atoms. The van der Waals surface area contributed by atoms with Crippen LogP contribution in [0.1, 0.15) is 25.0 Å². The maximum atomic E-state index is 12.8. The van der Waals surface area contributed by atoms with Crippen LogP contribution in [-0.4, -0.2) is 37.7 Å². The number of nitrogens with one attached hydrogen (secondary N) is 1. The lowest BCUT2D eigenvalue weighted by molar-refractivity contribution is -0.141. The largest absolute Gasteiger partial charge is 0.497 e. The number of methoxy groups -OCH3 is 2. The molecule has 0 fully saturated rings. The number of hydrogen-bond acceptors (Lipinski definition) is 4. The Kier molecular flexibility index (Phi) is 7.04. The highest BCUT2D eigenvalue weighted by molar-refractivity contribution is 5.87. The fourth-order valence-corrected chi connectivity index (χ4v) is 2.96. The highest BCUT2D eigenvalue weighted by Crippen LogP contribution is 2.26. The predicted molar refractivity (Wildman–Crippen MR) is 107 cm³/mol. The summed E-state index contributed by atoms with van der Waals surface area (Å²) in [6, 6.07) is 14.6. The average molecular weight is 385 g/mol. The molecule has 0 saturated carbocycles. The van der Waals surface area contributed by atoms with E-state index in [-0.39, 0.29) is 18.9 Å². The number of ether oxygens (including phenoxy) is 2. The van der Waals surface area contributed by atoms with Crippen LogP contribution in [0.4, 0.5) is 0 Å². The summed E-state index contributed by atoms with van der Waals surface area (Å²) in [6.45, 7) is 3.64. The van der Waals surface area contributed by atoms with Crippen LogP contribution in [0, 0.1) is 5.92 Å². The van der Waals surface area contributed by atoms with Crippen molar-refractivity contribution in [3.05, 3.63) is 59.7 Å². The molecule has 6 heteroatoms. The minimum Gasteiger partial charge on any atom is -0.497 e. The molecule has 0 aromatic heterocycles. The number of hydrogen-bond donors (Lipinski definition) is 2. The van der Waals surface area contributed by atoms with Crippen molar-refractivity contribution in [3.63, 3.8) is 0 Å². The summed E-state index contributed by atoms with van der Waals surface area (Å²) < 4.78 is 10.4. The van der Waals surface area contributed by atoms with Crippen molar-refractivity contribution in [2.24, 2.45) is 5.92 Å². The first-order chi connectivity index (χ1) is 13.3. The number of para-hydroxylation sites is 1. The van der Waals surface area contributed by atoms with Crippen LogP contribution in [-0.2, 0) is 21.4 Å². The minimum atomic E-state index is -0.964. The van der Waals surface area contributed by atoms with Crippen LogP contribution in [0.3, 0.4) is 0 Å². The van der Waals surface area contributed by atoms with E-state index < -0.39 is 17.3 Å². The number of aliphatic carboxylic acids is 1. The molecule has 1 unspecified atom stereocenters. The maximum Gasteiger partial charge on any atom is 0.308 e. The van der Waals surface area contributed by atoms with E-state index in [1.54, 1.807) is 46.3 Å². The molecule has 2 N–H and O–H groups in total. The highest BCUT2D eigenvalue weighted by Gasteiger charge is 2.31. The molecule has 0 bridgehead atoms. The van der Waals surface area contributed by atoms with Crippen molar-refractivity contribution >= 4 is 11.9 Å². The molecule has 2 rings (SSSR count). The first kappa shape index (κ1) is 21.3. The fourth-order valence-electron chi connectivity index (χ4n) is 2.96. The molecular formula is C22H27NO5. The number of amides is 1. The molecule has 150 valence electrons. The van der Waals surface area contributed by atoms with Gasteiger partial charge in [0.15, 0.2) is 0 Å². The van der Waals surface area contributed by atoms with Crippen LogP contribution >= 0.6 is 0 Å². The van der Waals surface area contributed by atoms with E-state index in [1.807, 2.05) is 30.3 Å². The van der Waals surface area contributed by atoms with E-state index in [1.165, 1.54) is 0 Å². The van der Waals surface area contributed by atoms with E-state index >= 15 is 0 Å². The second-order valence-corrected chi connectivity index (χ2v) is 7.11. The van der Waals surface area contributed by atoms with Crippen molar-refractivity contribution in [2.45, 2.75) is 25.7 Å². The Hall–Kier alpha value is -3.02. The third-order valence-electron chi connectivity index (χ3n) is 4.90. The molecule has 6 nitrogen and oxygen atoms in total. The molecule has 2 aromatic carbocycles. The molecule has 0 aliphatic carbocycles. The van der Waals surface area contributed by atoms with Gasteiger partial charge in [0, 0.05) is 6.54 Å². The highest BCUT2D eigenvalue weighted by atomic mass is 16.5. The molecule has 0 aliphatic rings. The van der Waals surface area contributed by atoms with Gasteiger partial charge in [-0.05, 0) is 49.6 Å². The smallest absolute Gasteiger partial charge is 0.308 e. The lowest BCUT2D eigenvalue weighted by Gasteiger charge is -2.25. The third-order valence-corrected chi connectivity index (χ3v) is 4.90. The molecule has 1 atom stereocenters. The Morgan fingerprint density at radius 3 is 2.25 bits per heavy atom. The van der Waals surface area contributed by atoms with E-state index in [2.05, 4.69) is 5.32 Å². The molecule has 0 radical (unpaired) electrons. The second kappa shape index (κ2) is 9.26. The Labute approximate surface area is 165 Å². The number of carboxylic acids is 1. The topological polar surface area (TPSA) is 84.9 Å². The van der Waals surface area contributed by atoms with Crippen molar-refractivity contribution in [3.8, 4) is 11.5 Å². The predicted octanol–water partition coefficient (Wildman–Crippen LogP) is 3.04. The zero-order valence-corrected chi connectivity index (χ0v) is 16.7. The summed E-state index contributed by atoms with van der Waals surface area (Å²) in [7, 11) is 3.13. The maximum absolute atomic E-state index is 12.8. The van der Waals surface area contributed by atoms with Gasteiger partial charge in [-0.2, -0.15) is 0 Å². The summed E-state index contributed by atoms with van der Waals surface area (Å²) in [6.07, 6.45) is 0.266. The van der Waals surface area contributed by atoms with Gasteiger partial charge >= 0.3 is 5.97 Å². The Morgan fingerprint density at radius 1 is 1.04 bits per heavy atom. The number of rotatable bonds is 9. The van der Waals surface area contributed by atoms with Gasteiger partial charge < -0.3 is 19.9 Å². The molecule has 0 heterocycles. The van der Waals surface area contributed by atoms with Crippen LogP contribution in [0.5, 0.6) is 11.5 Å².